The van der Waals surface area contributed by atoms with Crippen molar-refractivity contribution in [3.8, 4) is 29.1 Å². The molecule has 3 aliphatic heterocycles. The van der Waals surface area contributed by atoms with Crippen LogP contribution in [0.4, 0.5) is 5.82 Å². The van der Waals surface area contributed by atoms with E-state index in [2.05, 4.69) is 53.3 Å². The zero-order valence-corrected chi connectivity index (χ0v) is 38.1. The third-order valence-corrected chi connectivity index (χ3v) is 15.6. The van der Waals surface area contributed by atoms with Crippen LogP contribution in [-0.2, 0) is 28.9 Å². The Morgan fingerprint density at radius 1 is 0.853 bits per heavy atom. The molecule has 10 nitrogen and oxygen atoms in total. The Hall–Kier alpha value is -6.54. The number of allylic oxidation sites excluding steroid dienone is 2. The van der Waals surface area contributed by atoms with Crippen molar-refractivity contribution >= 4 is 29.5 Å². The maximum atomic E-state index is 15.9. The molecule has 8 atom stereocenters. The Balaban J connectivity index is 1.07. The van der Waals surface area contributed by atoms with E-state index in [4.69, 9.17) is 15.0 Å². The molecule has 2 aromatic heterocycles. The van der Waals surface area contributed by atoms with E-state index < -0.39 is 29.9 Å². The summed E-state index contributed by atoms with van der Waals surface area (Å²) in [6, 6.07) is 18.9. The fourth-order valence-corrected chi connectivity index (χ4v) is 12.1. The second-order valence-corrected chi connectivity index (χ2v) is 19.8. The predicted octanol–water partition coefficient (Wildman–Crippen LogP) is 9.77. The number of aromatic hydroxyl groups is 2. The lowest BCUT2D eigenvalue weighted by Gasteiger charge is -2.41. The smallest absolute Gasteiger partial charge is 0.161 e. The number of Topliss-reactive ketones (excluding diaryl/α,β-unsaturated/α-hetero) is 2. The Morgan fingerprint density at radius 2 is 1.74 bits per heavy atom. The van der Waals surface area contributed by atoms with Crippen LogP contribution in [0.25, 0.3) is 17.5 Å². The molecule has 12 rings (SSSR count). The minimum absolute atomic E-state index is 0.00629. The highest BCUT2D eigenvalue weighted by Crippen LogP contribution is 2.50. The van der Waals surface area contributed by atoms with Crippen molar-refractivity contribution in [3.05, 3.63) is 158 Å². The van der Waals surface area contributed by atoms with Gasteiger partial charge < -0.3 is 40.4 Å². The zero-order valence-electron chi connectivity index (χ0n) is 38.1. The van der Waals surface area contributed by atoms with Gasteiger partial charge in [-0.15, -0.1) is 11.6 Å². The van der Waals surface area contributed by atoms with E-state index in [1.54, 1.807) is 12.3 Å². The molecule has 5 aromatic rings. The number of phenolic OH excluding ortho intramolecular Hbond substituents is 2. The van der Waals surface area contributed by atoms with Gasteiger partial charge >= 0.3 is 0 Å². The minimum atomic E-state index is -1.12. The lowest BCUT2D eigenvalue weighted by molar-refractivity contribution is -0.135. The standard InChI is InChI=1S/C58H57N3O7/c62-26-23-45-53(65)20-14-35-28-37(56(66)54(31-35)68-38-6-1-2-7-38)27-34-13-17-40-43-19-18-41(46(40)30-34)44-22-25-60-58(44)61-49(8-4-10-52(43)64)48-32-50-42(21-24-59-50)47(55(48)57(45)67)29-33-11-15-36-5-3-9-51(63)39(36)16-12-33/h3,5,9,12-13,16-19,21-22,24-25,28,30-33,38,41,43,45,47,49,52,55,60,62-64,66H,1-2,6-7,10-11,14-15,20,23,26-27,29H2/q-2/t33-,41-,43+,45-,47-,49+,52+,55+/m0/s1. The first kappa shape index (κ1) is 44.0. The number of phenols is 2. The van der Waals surface area contributed by atoms with Gasteiger partial charge in [0.1, 0.15) is 11.5 Å². The summed E-state index contributed by atoms with van der Waals surface area (Å²) < 4.78 is 6.51. The van der Waals surface area contributed by atoms with Crippen LogP contribution in [0, 0.1) is 29.6 Å². The molecule has 0 unspecified atom stereocenters. The average molecular weight is 908 g/mol. The van der Waals surface area contributed by atoms with Gasteiger partial charge in [0.25, 0.3) is 0 Å². The van der Waals surface area contributed by atoms with Crippen molar-refractivity contribution in [1.29, 1.82) is 0 Å². The summed E-state index contributed by atoms with van der Waals surface area (Å²) >= 11 is 0. The summed E-state index contributed by atoms with van der Waals surface area (Å²) in [4.78, 5) is 38.9. The largest absolute Gasteiger partial charge is 0.664 e. The number of fused-ring (bicyclic) bond motifs is 8. The number of hydrogen-bond donors (Lipinski definition) is 5. The number of rotatable bonds is 6. The van der Waals surface area contributed by atoms with Crippen molar-refractivity contribution in [2.75, 3.05) is 6.61 Å². The number of aliphatic hydroxyl groups excluding tert-OH is 2. The SMILES string of the molecule is O=C1CCc2cc(c(O)c(OC3CCCC3)c2)Cc2ccc3c(c2)[C@H]2C=C[C@H]3[C@H](O)CC#C[C@@H]([N-]c3[nH]ccc32)C2=Cc3[n-]ccc3[C@H](C[C@@H]3C=Cc4c(O)cccc4CC3)[C@H]2C(=O)[C@H]1CCO. The number of ketones is 2. The third-order valence-electron chi connectivity index (χ3n) is 15.6. The fourth-order valence-electron chi connectivity index (χ4n) is 12.1. The number of carbonyl (C=O) groups is 2. The van der Waals surface area contributed by atoms with Gasteiger partial charge in [-0.3, -0.25) is 9.59 Å². The molecule has 7 bridgehead atoms. The Bertz CT molecular complexity index is 2920. The number of H-pyrrole nitrogens is 1. The summed E-state index contributed by atoms with van der Waals surface area (Å²) in [5.74, 6) is 4.59. The van der Waals surface area contributed by atoms with Crippen LogP contribution in [-0.4, -0.2) is 61.8 Å². The molecule has 68 heavy (non-hydrogen) atoms. The van der Waals surface area contributed by atoms with E-state index in [0.29, 0.717) is 42.0 Å². The second-order valence-electron chi connectivity index (χ2n) is 19.8. The van der Waals surface area contributed by atoms with Crippen LogP contribution in [0.1, 0.15) is 131 Å². The maximum Gasteiger partial charge on any atom is 0.161 e. The van der Waals surface area contributed by atoms with E-state index in [0.717, 1.165) is 88.7 Å². The van der Waals surface area contributed by atoms with E-state index in [1.807, 2.05) is 54.7 Å². The van der Waals surface area contributed by atoms with Gasteiger partial charge in [-0.1, -0.05) is 102 Å². The molecule has 0 saturated heterocycles. The molecule has 1 fully saturated rings. The summed E-state index contributed by atoms with van der Waals surface area (Å²) in [6.07, 6.45) is 20.0. The number of benzene rings is 3. The number of ether oxygens (including phenoxy) is 1. The molecule has 1 saturated carbocycles. The normalized spacial score (nSPS) is 26.5. The summed E-state index contributed by atoms with van der Waals surface area (Å²) in [7, 11) is 0. The molecule has 0 radical (unpaired) electrons. The quantitative estimate of drug-likeness (QED) is 0.0638. The van der Waals surface area contributed by atoms with E-state index in [1.165, 1.54) is 0 Å². The fraction of sp³-hybridized carbons (Fsp3) is 0.379. The van der Waals surface area contributed by atoms with Crippen molar-refractivity contribution in [2.45, 2.75) is 113 Å². The topological polar surface area (TPSA) is 168 Å². The van der Waals surface area contributed by atoms with E-state index in [-0.39, 0.29) is 72.8 Å². The number of aryl methyl sites for hydroxylation is 2. The molecular weight excluding hydrogens is 851 g/mol. The van der Waals surface area contributed by atoms with Gasteiger partial charge in [-0.2, -0.15) is 6.20 Å². The van der Waals surface area contributed by atoms with Gasteiger partial charge in [0.05, 0.1) is 18.1 Å². The highest BCUT2D eigenvalue weighted by molar-refractivity contribution is 6.05. The average Bonchev–Trinajstić information content (AvgIpc) is 4.12. The van der Waals surface area contributed by atoms with Crippen LogP contribution >= 0.6 is 0 Å². The number of aromatic nitrogens is 2. The van der Waals surface area contributed by atoms with Gasteiger partial charge in [-0.05, 0) is 121 Å². The second kappa shape index (κ2) is 18.5. The van der Waals surface area contributed by atoms with Crippen molar-refractivity contribution in [1.82, 2.24) is 9.97 Å². The molecule has 7 aliphatic rings. The van der Waals surface area contributed by atoms with E-state index >= 15 is 4.79 Å². The lowest BCUT2D eigenvalue weighted by atomic mass is 9.66. The van der Waals surface area contributed by atoms with Crippen LogP contribution in [0.15, 0.2) is 96.9 Å². The maximum absolute atomic E-state index is 15.9. The monoisotopic (exact) mass is 907 g/mol. The highest BCUT2D eigenvalue weighted by atomic mass is 16.5. The van der Waals surface area contributed by atoms with E-state index in [9.17, 15) is 25.2 Å². The van der Waals surface area contributed by atoms with Gasteiger partial charge in [0, 0.05) is 60.8 Å². The van der Waals surface area contributed by atoms with Crippen molar-refractivity contribution in [2.24, 2.45) is 17.8 Å². The van der Waals surface area contributed by atoms with Gasteiger partial charge in [0.2, 0.25) is 0 Å². The molecular formula is C58H57N3O7-2. The van der Waals surface area contributed by atoms with Crippen LogP contribution in [0.5, 0.6) is 17.2 Å². The number of aliphatic hydroxyl groups is 2. The van der Waals surface area contributed by atoms with Crippen molar-refractivity contribution in [3.63, 3.8) is 0 Å². The highest BCUT2D eigenvalue weighted by Gasteiger charge is 2.43. The molecule has 3 aromatic carbocycles. The first-order valence-electron chi connectivity index (χ1n) is 24.6. The first-order valence-corrected chi connectivity index (χ1v) is 24.6. The summed E-state index contributed by atoms with van der Waals surface area (Å²) in [6.45, 7) is -0.356. The summed E-state index contributed by atoms with van der Waals surface area (Å²) in [5, 5.41) is 50.7. The lowest BCUT2D eigenvalue weighted by Crippen LogP contribution is -2.39. The van der Waals surface area contributed by atoms with Crippen LogP contribution in [0.2, 0.25) is 0 Å². The number of nitrogens with one attached hydrogen (secondary N) is 1. The third kappa shape index (κ3) is 8.30. The molecule has 348 valence electrons. The predicted molar refractivity (Wildman–Crippen MR) is 261 cm³/mol. The number of carbonyl (C=O) groups excluding carboxylic acids is 2. The summed E-state index contributed by atoms with van der Waals surface area (Å²) in [5.41, 5.74) is 9.57. The molecule has 5 heterocycles. The Labute approximate surface area is 397 Å². The van der Waals surface area contributed by atoms with Crippen LogP contribution in [0.3, 0.4) is 0 Å². The molecule has 4 aliphatic carbocycles. The zero-order chi connectivity index (χ0) is 46.5. The Morgan fingerprint density at radius 3 is 2.60 bits per heavy atom. The Kier molecular flexibility index (Phi) is 12.0. The molecule has 0 spiro atoms. The molecule has 10 heteroatoms. The minimum Gasteiger partial charge on any atom is -0.664 e. The van der Waals surface area contributed by atoms with Gasteiger partial charge in [-0.25, -0.2) is 0 Å². The number of hydrogen-bond acceptors (Lipinski definition) is 7. The van der Waals surface area contributed by atoms with Crippen molar-refractivity contribution < 1.29 is 34.8 Å². The molecule has 5 N–H and O–H groups in total. The number of aromatic amines is 1. The molecule has 0 amide bonds. The number of nitrogens with zero attached hydrogens (tertiary/aromatic N) is 2. The first-order chi connectivity index (χ1) is 33.2. The van der Waals surface area contributed by atoms with Gasteiger partial charge in [0.15, 0.2) is 17.3 Å². The van der Waals surface area contributed by atoms with Crippen LogP contribution < -0.4 is 9.72 Å².